The minimum atomic E-state index is -0.280. The number of hydrogen-bond donors (Lipinski definition) is 2. The average Bonchev–Trinajstić information content (AvgIpc) is 2.91. The molecule has 2 aromatic rings. The van der Waals surface area contributed by atoms with Crippen LogP contribution in [0, 0.1) is 0 Å². The molecule has 6 heteroatoms. The average molecular weight is 318 g/mol. The Labute approximate surface area is 134 Å². The largest absolute Gasteiger partial charge is 0.461 e. The molecule has 124 valence electrons. The van der Waals surface area contributed by atoms with Gasteiger partial charge in [-0.05, 0) is 31.4 Å². The molecule has 1 aromatic heterocycles. The van der Waals surface area contributed by atoms with Gasteiger partial charge >= 0.3 is 0 Å². The van der Waals surface area contributed by atoms with Crippen LogP contribution in [0.4, 0.5) is 5.88 Å². The lowest BCUT2D eigenvalue weighted by Crippen LogP contribution is -2.25. The fourth-order valence-corrected chi connectivity index (χ4v) is 2.71. The minimum Gasteiger partial charge on any atom is -0.461 e. The molecular weight excluding hydrogens is 296 g/mol. The first-order valence-electron chi connectivity index (χ1n) is 8.08. The number of nitrogen functional groups attached to an aromatic ring is 1. The molecule has 0 bridgehead atoms. The Kier molecular flexibility index (Phi) is 4.71. The number of para-hydroxylation sites is 1. The van der Waals surface area contributed by atoms with E-state index < -0.39 is 0 Å². The molecule has 1 unspecified atom stereocenters. The third-order valence-corrected chi connectivity index (χ3v) is 3.87. The summed E-state index contributed by atoms with van der Waals surface area (Å²) in [5.41, 5.74) is 6.76. The third-order valence-electron chi connectivity index (χ3n) is 3.87. The van der Waals surface area contributed by atoms with Gasteiger partial charge in [-0.1, -0.05) is 13.0 Å². The number of ether oxygens (including phenoxy) is 2. The van der Waals surface area contributed by atoms with Crippen LogP contribution in [-0.4, -0.2) is 25.3 Å². The fraction of sp³-hybridized carbons (Fsp3) is 0.471. The Balaban J connectivity index is 1.90. The van der Waals surface area contributed by atoms with Gasteiger partial charge in [0.1, 0.15) is 5.56 Å². The molecule has 3 rings (SSSR count). The van der Waals surface area contributed by atoms with E-state index >= 15 is 0 Å². The molecule has 1 fully saturated rings. The Bertz CT molecular complexity index is 689. The molecule has 1 aliphatic heterocycles. The van der Waals surface area contributed by atoms with Crippen molar-refractivity contribution in [2.75, 3.05) is 18.9 Å². The van der Waals surface area contributed by atoms with Crippen molar-refractivity contribution in [2.24, 2.45) is 0 Å². The normalized spacial score (nSPS) is 18.0. The first kappa shape index (κ1) is 15.7. The summed E-state index contributed by atoms with van der Waals surface area (Å²) in [5, 5.41) is 3.48. The monoisotopic (exact) mass is 318 g/mol. The van der Waals surface area contributed by atoms with Gasteiger partial charge in [0.25, 0.3) is 5.91 Å². The predicted octanol–water partition coefficient (Wildman–Crippen LogP) is 3.06. The Hall–Kier alpha value is -2.21. The topological polar surface area (TPSA) is 86.7 Å². The van der Waals surface area contributed by atoms with Gasteiger partial charge in [0, 0.05) is 18.4 Å². The first-order chi connectivity index (χ1) is 11.2. The van der Waals surface area contributed by atoms with Crippen LogP contribution in [0.25, 0.3) is 11.0 Å². The molecule has 0 spiro atoms. The third kappa shape index (κ3) is 3.27. The summed E-state index contributed by atoms with van der Waals surface area (Å²) in [4.78, 5) is 12.3. The van der Waals surface area contributed by atoms with E-state index in [1.807, 2.05) is 19.1 Å². The van der Waals surface area contributed by atoms with Gasteiger partial charge in [0.05, 0.1) is 6.61 Å². The number of fused-ring (bicyclic) bond motifs is 1. The van der Waals surface area contributed by atoms with Gasteiger partial charge in [-0.3, -0.25) is 4.79 Å². The van der Waals surface area contributed by atoms with Crippen molar-refractivity contribution in [1.82, 2.24) is 5.32 Å². The molecule has 6 nitrogen and oxygen atoms in total. The molecule has 2 heterocycles. The SMILES string of the molecule is CCCNC(=O)c1c(N)oc2c(OC3CCCCO3)cccc12. The highest BCUT2D eigenvalue weighted by Gasteiger charge is 2.23. The van der Waals surface area contributed by atoms with Gasteiger partial charge in [0.2, 0.25) is 5.88 Å². The van der Waals surface area contributed by atoms with E-state index in [1.165, 1.54) is 0 Å². The fourth-order valence-electron chi connectivity index (χ4n) is 2.71. The van der Waals surface area contributed by atoms with Crippen molar-refractivity contribution in [1.29, 1.82) is 0 Å². The lowest BCUT2D eigenvalue weighted by molar-refractivity contribution is -0.105. The summed E-state index contributed by atoms with van der Waals surface area (Å²) in [6, 6.07) is 5.44. The number of carbonyl (C=O) groups excluding carboxylic acids is 1. The quantitative estimate of drug-likeness (QED) is 0.884. The second-order valence-corrected chi connectivity index (χ2v) is 5.64. The van der Waals surface area contributed by atoms with Crippen LogP contribution in [0.2, 0.25) is 0 Å². The number of rotatable bonds is 5. The Morgan fingerprint density at radius 2 is 2.30 bits per heavy atom. The van der Waals surface area contributed by atoms with E-state index in [4.69, 9.17) is 19.6 Å². The molecule has 0 radical (unpaired) electrons. The van der Waals surface area contributed by atoms with Crippen LogP contribution in [0.3, 0.4) is 0 Å². The van der Waals surface area contributed by atoms with Crippen LogP contribution in [0.5, 0.6) is 5.75 Å². The lowest BCUT2D eigenvalue weighted by atomic mass is 10.1. The minimum absolute atomic E-state index is 0.106. The van der Waals surface area contributed by atoms with Gasteiger partial charge in [0.15, 0.2) is 17.6 Å². The number of furan rings is 1. The Morgan fingerprint density at radius 3 is 3.04 bits per heavy atom. The molecule has 0 aliphatic carbocycles. The smallest absolute Gasteiger partial charge is 0.257 e. The summed E-state index contributed by atoms with van der Waals surface area (Å²) in [6.45, 7) is 3.29. The molecule has 1 aliphatic rings. The number of nitrogens with two attached hydrogens (primary N) is 1. The van der Waals surface area contributed by atoms with Gasteiger partial charge in [-0.15, -0.1) is 0 Å². The molecule has 0 saturated carbocycles. The first-order valence-corrected chi connectivity index (χ1v) is 8.08. The number of carbonyl (C=O) groups is 1. The van der Waals surface area contributed by atoms with Crippen molar-refractivity contribution in [3.63, 3.8) is 0 Å². The van der Waals surface area contributed by atoms with Crippen LogP contribution in [0.1, 0.15) is 43.0 Å². The van der Waals surface area contributed by atoms with Gasteiger partial charge in [-0.25, -0.2) is 0 Å². The van der Waals surface area contributed by atoms with Crippen molar-refractivity contribution in [3.05, 3.63) is 23.8 Å². The maximum Gasteiger partial charge on any atom is 0.257 e. The highest BCUT2D eigenvalue weighted by molar-refractivity contribution is 6.11. The zero-order valence-electron chi connectivity index (χ0n) is 13.3. The highest BCUT2D eigenvalue weighted by Crippen LogP contribution is 2.35. The number of hydrogen-bond acceptors (Lipinski definition) is 5. The summed E-state index contributed by atoms with van der Waals surface area (Å²) >= 11 is 0. The van der Waals surface area contributed by atoms with Crippen molar-refractivity contribution >= 4 is 22.8 Å². The number of nitrogens with one attached hydrogen (secondary N) is 1. The van der Waals surface area contributed by atoms with E-state index in [0.29, 0.717) is 35.4 Å². The van der Waals surface area contributed by atoms with E-state index in [1.54, 1.807) is 6.07 Å². The molecule has 3 N–H and O–H groups in total. The highest BCUT2D eigenvalue weighted by atomic mass is 16.7. The second kappa shape index (κ2) is 6.91. The van der Waals surface area contributed by atoms with E-state index in [0.717, 1.165) is 25.7 Å². The number of benzene rings is 1. The van der Waals surface area contributed by atoms with Gasteiger partial charge in [-0.2, -0.15) is 0 Å². The molecule has 1 saturated heterocycles. The molecule has 1 amide bonds. The second-order valence-electron chi connectivity index (χ2n) is 5.64. The molecule has 23 heavy (non-hydrogen) atoms. The maximum atomic E-state index is 12.3. The van der Waals surface area contributed by atoms with Crippen molar-refractivity contribution in [3.8, 4) is 5.75 Å². The molecule has 1 aromatic carbocycles. The summed E-state index contributed by atoms with van der Waals surface area (Å²) < 4.78 is 17.1. The van der Waals surface area contributed by atoms with Crippen LogP contribution < -0.4 is 15.8 Å². The maximum absolute atomic E-state index is 12.3. The van der Waals surface area contributed by atoms with Crippen LogP contribution in [0.15, 0.2) is 22.6 Å². The van der Waals surface area contributed by atoms with Crippen LogP contribution >= 0.6 is 0 Å². The summed E-state index contributed by atoms with van der Waals surface area (Å²) in [7, 11) is 0. The standard InChI is InChI=1S/C17H22N2O4/c1-2-9-19-17(20)14-11-6-5-7-12(15(11)23-16(14)18)22-13-8-3-4-10-21-13/h5-7,13H,2-4,8-10,18H2,1H3,(H,19,20). The van der Waals surface area contributed by atoms with E-state index in [2.05, 4.69) is 5.32 Å². The molecule has 1 atom stereocenters. The number of amides is 1. The lowest BCUT2D eigenvalue weighted by Gasteiger charge is -2.23. The number of anilines is 1. The van der Waals surface area contributed by atoms with Crippen molar-refractivity contribution < 1.29 is 18.7 Å². The molecular formula is C17H22N2O4. The van der Waals surface area contributed by atoms with E-state index in [-0.39, 0.29) is 18.1 Å². The predicted molar refractivity (Wildman–Crippen MR) is 87.5 cm³/mol. The van der Waals surface area contributed by atoms with Crippen molar-refractivity contribution in [2.45, 2.75) is 38.9 Å². The van der Waals surface area contributed by atoms with E-state index in [9.17, 15) is 4.79 Å². The zero-order chi connectivity index (χ0) is 16.2. The summed E-state index contributed by atoms with van der Waals surface area (Å²) in [6.07, 6.45) is 3.55. The van der Waals surface area contributed by atoms with Gasteiger partial charge < -0.3 is 24.9 Å². The Morgan fingerprint density at radius 1 is 1.43 bits per heavy atom. The zero-order valence-corrected chi connectivity index (χ0v) is 13.3. The van der Waals surface area contributed by atoms with Crippen LogP contribution in [-0.2, 0) is 4.74 Å². The summed E-state index contributed by atoms with van der Waals surface area (Å²) in [5.74, 6) is 0.430.